The average molecular weight is 1080 g/mol. The first-order valence-electron chi connectivity index (χ1n) is 31.8. The maximum Gasteiger partial charge on any atom is 0.306 e. The van der Waals surface area contributed by atoms with E-state index in [1.165, 1.54) is 89.9 Å². The molecule has 6 nitrogen and oxygen atoms in total. The Balaban J connectivity index is 4.09. The molecule has 0 saturated heterocycles. The van der Waals surface area contributed by atoms with Gasteiger partial charge in [0, 0.05) is 19.3 Å². The predicted octanol–water partition coefficient (Wildman–Crippen LogP) is 21.9. The summed E-state index contributed by atoms with van der Waals surface area (Å²) in [7, 11) is 0. The van der Waals surface area contributed by atoms with Crippen LogP contribution in [0.2, 0.25) is 0 Å². The normalized spacial score (nSPS) is 13.1. The summed E-state index contributed by atoms with van der Waals surface area (Å²) in [6.07, 6.45) is 93.2. The molecule has 0 aromatic carbocycles. The van der Waals surface area contributed by atoms with E-state index in [2.05, 4.69) is 167 Å². The number of esters is 3. The second kappa shape index (κ2) is 64.8. The summed E-state index contributed by atoms with van der Waals surface area (Å²) in [5, 5.41) is 0. The summed E-state index contributed by atoms with van der Waals surface area (Å²) in [4.78, 5) is 38.0. The van der Waals surface area contributed by atoms with Crippen molar-refractivity contribution in [2.75, 3.05) is 13.2 Å². The Morgan fingerprint density at radius 1 is 0.269 bits per heavy atom. The molecule has 440 valence electrons. The van der Waals surface area contributed by atoms with Gasteiger partial charge in [0.1, 0.15) is 13.2 Å². The second-order valence-corrected chi connectivity index (χ2v) is 20.6. The number of rotatable bonds is 56. The van der Waals surface area contributed by atoms with Crippen molar-refractivity contribution in [2.45, 2.75) is 277 Å². The molecule has 1 atom stereocenters. The number of hydrogen-bond acceptors (Lipinski definition) is 6. The van der Waals surface area contributed by atoms with Gasteiger partial charge in [-0.05, 0) is 122 Å². The van der Waals surface area contributed by atoms with Gasteiger partial charge in [0.25, 0.3) is 0 Å². The quantitative estimate of drug-likeness (QED) is 0.0261. The third-order valence-corrected chi connectivity index (χ3v) is 13.1. The van der Waals surface area contributed by atoms with E-state index in [0.29, 0.717) is 12.8 Å². The number of unbranched alkanes of at least 4 members (excludes halogenated alkanes) is 21. The molecule has 0 aliphatic heterocycles. The van der Waals surface area contributed by atoms with Gasteiger partial charge in [-0.25, -0.2) is 0 Å². The second-order valence-electron chi connectivity index (χ2n) is 20.6. The van der Waals surface area contributed by atoms with Crippen LogP contribution < -0.4 is 0 Å². The van der Waals surface area contributed by atoms with Gasteiger partial charge in [-0.2, -0.15) is 0 Å². The Kier molecular flexibility index (Phi) is 60.9. The Bertz CT molecular complexity index is 1710. The third-order valence-electron chi connectivity index (χ3n) is 13.1. The Morgan fingerprint density at radius 2 is 0.500 bits per heavy atom. The first-order chi connectivity index (χ1) is 38.5. The SMILES string of the molecule is CC/C=C\C/C=C\C/C=C\C/C=C\C/C=C\C/C=C\C/C=C\CCCCCCCCCCCCCCCC(=O)OCC(COC(=O)CCCCCCCC)OC(=O)CCCCC/C=C\C/C=C\C/C=C\C/C=C\C/C=C\CC. The van der Waals surface area contributed by atoms with Crippen LogP contribution >= 0.6 is 0 Å². The molecule has 0 fully saturated rings. The lowest BCUT2D eigenvalue weighted by molar-refractivity contribution is -0.167. The molecule has 0 N–H and O–H groups in total. The van der Waals surface area contributed by atoms with Crippen LogP contribution in [0.4, 0.5) is 0 Å². The summed E-state index contributed by atoms with van der Waals surface area (Å²) in [5.41, 5.74) is 0. The number of hydrogen-bond donors (Lipinski definition) is 0. The lowest BCUT2D eigenvalue weighted by atomic mass is 10.0. The minimum absolute atomic E-state index is 0.0944. The van der Waals surface area contributed by atoms with E-state index in [9.17, 15) is 14.4 Å². The highest BCUT2D eigenvalue weighted by Crippen LogP contribution is 2.15. The molecule has 0 rings (SSSR count). The molecule has 0 aliphatic rings. The monoisotopic (exact) mass is 1080 g/mol. The molecule has 6 heteroatoms. The van der Waals surface area contributed by atoms with E-state index < -0.39 is 6.10 Å². The van der Waals surface area contributed by atoms with Crippen LogP contribution in [0.15, 0.2) is 146 Å². The van der Waals surface area contributed by atoms with Gasteiger partial charge in [0.05, 0.1) is 0 Å². The molecule has 0 radical (unpaired) electrons. The third kappa shape index (κ3) is 62.1. The van der Waals surface area contributed by atoms with Crippen molar-refractivity contribution in [2.24, 2.45) is 0 Å². The molecule has 0 aromatic rings. The van der Waals surface area contributed by atoms with E-state index in [0.717, 1.165) is 141 Å². The van der Waals surface area contributed by atoms with Gasteiger partial charge in [-0.3, -0.25) is 14.4 Å². The molecule has 0 spiro atoms. The van der Waals surface area contributed by atoms with Gasteiger partial charge < -0.3 is 14.2 Å². The average Bonchev–Trinajstić information content (AvgIpc) is 3.44. The van der Waals surface area contributed by atoms with Crippen molar-refractivity contribution < 1.29 is 28.6 Å². The molecule has 0 heterocycles. The van der Waals surface area contributed by atoms with Gasteiger partial charge in [-0.1, -0.05) is 276 Å². The van der Waals surface area contributed by atoms with Crippen LogP contribution in [-0.2, 0) is 28.6 Å². The van der Waals surface area contributed by atoms with Crippen LogP contribution in [0, 0.1) is 0 Å². The molecular formula is C72H116O6. The fourth-order valence-corrected chi connectivity index (χ4v) is 8.39. The molecule has 0 bridgehead atoms. The van der Waals surface area contributed by atoms with Crippen molar-refractivity contribution >= 4 is 17.9 Å². The molecule has 0 aliphatic carbocycles. The van der Waals surface area contributed by atoms with Crippen LogP contribution in [-0.4, -0.2) is 37.2 Å². The van der Waals surface area contributed by atoms with Crippen LogP contribution in [0.3, 0.4) is 0 Å². The largest absolute Gasteiger partial charge is 0.462 e. The number of ether oxygens (including phenoxy) is 3. The fourth-order valence-electron chi connectivity index (χ4n) is 8.39. The Labute approximate surface area is 480 Å². The first-order valence-corrected chi connectivity index (χ1v) is 31.8. The highest BCUT2D eigenvalue weighted by atomic mass is 16.6. The molecule has 1 unspecified atom stereocenters. The maximum absolute atomic E-state index is 12.8. The molecule has 0 aromatic heterocycles. The van der Waals surface area contributed by atoms with Crippen molar-refractivity contribution in [3.05, 3.63) is 146 Å². The van der Waals surface area contributed by atoms with E-state index in [1.54, 1.807) is 0 Å². The summed E-state index contributed by atoms with van der Waals surface area (Å²) in [5.74, 6) is -0.939. The zero-order chi connectivity index (χ0) is 56.4. The minimum Gasteiger partial charge on any atom is -0.462 e. The summed E-state index contributed by atoms with van der Waals surface area (Å²) < 4.78 is 16.8. The van der Waals surface area contributed by atoms with E-state index >= 15 is 0 Å². The van der Waals surface area contributed by atoms with Crippen molar-refractivity contribution in [1.82, 2.24) is 0 Å². The lowest BCUT2D eigenvalue weighted by Crippen LogP contribution is -2.30. The summed E-state index contributed by atoms with van der Waals surface area (Å²) in [6.45, 7) is 6.32. The maximum atomic E-state index is 12.8. The number of allylic oxidation sites excluding steroid dienone is 24. The number of carbonyl (C=O) groups is 3. The highest BCUT2D eigenvalue weighted by molar-refractivity contribution is 5.71. The molecule has 0 saturated carbocycles. The van der Waals surface area contributed by atoms with Gasteiger partial charge in [0.15, 0.2) is 6.10 Å². The van der Waals surface area contributed by atoms with E-state index in [1.807, 2.05) is 0 Å². The smallest absolute Gasteiger partial charge is 0.306 e. The highest BCUT2D eigenvalue weighted by Gasteiger charge is 2.19. The number of carbonyl (C=O) groups excluding carboxylic acids is 3. The predicted molar refractivity (Wildman–Crippen MR) is 339 cm³/mol. The fraction of sp³-hybridized carbons (Fsp3) is 0.625. The Hall–Kier alpha value is -4.71. The van der Waals surface area contributed by atoms with Gasteiger partial charge in [0.2, 0.25) is 0 Å². The van der Waals surface area contributed by atoms with Crippen molar-refractivity contribution in [3.63, 3.8) is 0 Å². The summed E-state index contributed by atoms with van der Waals surface area (Å²) >= 11 is 0. The van der Waals surface area contributed by atoms with Crippen LogP contribution in [0.5, 0.6) is 0 Å². The summed E-state index contributed by atoms with van der Waals surface area (Å²) in [6, 6.07) is 0. The van der Waals surface area contributed by atoms with E-state index in [-0.39, 0.29) is 37.5 Å². The van der Waals surface area contributed by atoms with Gasteiger partial charge in [-0.15, -0.1) is 0 Å². The van der Waals surface area contributed by atoms with Gasteiger partial charge >= 0.3 is 17.9 Å². The Morgan fingerprint density at radius 3 is 0.795 bits per heavy atom. The molecule has 78 heavy (non-hydrogen) atoms. The van der Waals surface area contributed by atoms with Crippen LogP contribution in [0.25, 0.3) is 0 Å². The lowest BCUT2D eigenvalue weighted by Gasteiger charge is -2.18. The minimum atomic E-state index is -0.797. The standard InChI is InChI=1S/C72H116O6/c1-4-7-10-13-16-18-20-22-24-26-28-29-30-31-32-33-34-35-36-37-38-39-40-41-42-43-45-46-48-50-52-54-56-59-62-65-71(74)77-68-69(67-76-70(73)64-61-58-15-12-9-6-3)78-72(75)66-63-60-57-55-53-51-49-47-44-27-25-23-21-19-17-14-11-8-5-2/h7-8,10-11,16-19,22-25,28-29,31-32,34-35,37-38,44,47,51,53,69H,4-6,9,12-15,20-21,26-27,30,33,36,39-43,45-46,48-50,52,54-68H2,1-3H3/b10-7-,11-8-,18-16-,19-17-,24-22-,25-23-,29-28-,32-31-,35-34-,38-37-,47-44-,53-51-. The van der Waals surface area contributed by atoms with Crippen LogP contribution in [0.1, 0.15) is 271 Å². The zero-order valence-electron chi connectivity index (χ0n) is 50.4. The molecule has 0 amide bonds. The van der Waals surface area contributed by atoms with E-state index in [4.69, 9.17) is 14.2 Å². The molecular weight excluding hydrogens is 961 g/mol. The van der Waals surface area contributed by atoms with Crippen molar-refractivity contribution in [3.8, 4) is 0 Å². The first kappa shape index (κ1) is 73.3. The van der Waals surface area contributed by atoms with Crippen molar-refractivity contribution in [1.29, 1.82) is 0 Å². The zero-order valence-corrected chi connectivity index (χ0v) is 50.4. The topological polar surface area (TPSA) is 78.9 Å².